The molecule has 0 aromatic carbocycles. The number of aromatic nitrogens is 3. The second-order valence-corrected chi connectivity index (χ2v) is 5.84. The standard InChI is InChI=1S/C17H22N4/c1-3-4-17-19-10-15-12-21(6-5-16(15)20-17)11-14-7-13(2)8-18-9-14/h7-10H,3-6,11-12H2,1-2H3. The second-order valence-electron chi connectivity index (χ2n) is 5.84. The van der Waals surface area contributed by atoms with Crippen molar-refractivity contribution >= 4 is 0 Å². The van der Waals surface area contributed by atoms with Gasteiger partial charge in [0, 0.05) is 62.3 Å². The minimum Gasteiger partial charge on any atom is -0.294 e. The zero-order valence-electron chi connectivity index (χ0n) is 12.8. The first kappa shape index (κ1) is 14.1. The molecule has 4 nitrogen and oxygen atoms in total. The Morgan fingerprint density at radius 3 is 2.95 bits per heavy atom. The summed E-state index contributed by atoms with van der Waals surface area (Å²) in [6, 6.07) is 2.21. The number of rotatable bonds is 4. The lowest BCUT2D eigenvalue weighted by Crippen LogP contribution is -2.31. The Kier molecular flexibility index (Phi) is 4.25. The molecule has 0 saturated carbocycles. The van der Waals surface area contributed by atoms with Crippen LogP contribution in [0.15, 0.2) is 24.7 Å². The number of fused-ring (bicyclic) bond motifs is 1. The van der Waals surface area contributed by atoms with Gasteiger partial charge in [-0.15, -0.1) is 0 Å². The predicted octanol–water partition coefficient (Wildman–Crippen LogP) is 2.69. The quantitative estimate of drug-likeness (QED) is 0.864. The van der Waals surface area contributed by atoms with E-state index in [0.29, 0.717) is 0 Å². The fourth-order valence-electron chi connectivity index (χ4n) is 2.86. The van der Waals surface area contributed by atoms with Crippen molar-refractivity contribution in [2.24, 2.45) is 0 Å². The van der Waals surface area contributed by atoms with Crippen molar-refractivity contribution in [1.29, 1.82) is 0 Å². The molecule has 0 atom stereocenters. The summed E-state index contributed by atoms with van der Waals surface area (Å²) in [6.45, 7) is 7.20. The Labute approximate surface area is 126 Å². The zero-order valence-corrected chi connectivity index (χ0v) is 12.8. The lowest BCUT2D eigenvalue weighted by Gasteiger charge is -2.28. The van der Waals surface area contributed by atoms with Crippen molar-refractivity contribution in [2.75, 3.05) is 6.54 Å². The highest BCUT2D eigenvalue weighted by molar-refractivity contribution is 5.22. The maximum absolute atomic E-state index is 4.71. The average Bonchev–Trinajstić information content (AvgIpc) is 2.48. The summed E-state index contributed by atoms with van der Waals surface area (Å²) in [4.78, 5) is 15.9. The molecule has 0 saturated heterocycles. The third-order valence-corrected chi connectivity index (χ3v) is 3.87. The molecule has 0 bridgehead atoms. The molecule has 0 amide bonds. The van der Waals surface area contributed by atoms with Crippen LogP contribution in [-0.2, 0) is 25.9 Å². The molecule has 1 aliphatic heterocycles. The normalized spacial score (nSPS) is 15.0. The SMILES string of the molecule is CCCc1ncc2c(n1)CCN(Cc1cncc(C)c1)C2. The van der Waals surface area contributed by atoms with E-state index in [9.17, 15) is 0 Å². The van der Waals surface area contributed by atoms with Crippen LogP contribution in [0.3, 0.4) is 0 Å². The van der Waals surface area contributed by atoms with E-state index in [0.717, 1.165) is 44.7 Å². The van der Waals surface area contributed by atoms with Crippen molar-refractivity contribution < 1.29 is 0 Å². The molecular weight excluding hydrogens is 260 g/mol. The maximum atomic E-state index is 4.71. The molecule has 0 N–H and O–H groups in total. The fourth-order valence-corrected chi connectivity index (χ4v) is 2.86. The van der Waals surface area contributed by atoms with E-state index in [2.05, 4.69) is 34.8 Å². The highest BCUT2D eigenvalue weighted by Crippen LogP contribution is 2.19. The topological polar surface area (TPSA) is 41.9 Å². The van der Waals surface area contributed by atoms with Crippen LogP contribution in [0.4, 0.5) is 0 Å². The molecule has 21 heavy (non-hydrogen) atoms. The number of pyridine rings is 1. The van der Waals surface area contributed by atoms with Gasteiger partial charge in [0.05, 0.1) is 0 Å². The van der Waals surface area contributed by atoms with Gasteiger partial charge in [0.2, 0.25) is 0 Å². The molecule has 2 aromatic heterocycles. The molecule has 0 fully saturated rings. The van der Waals surface area contributed by atoms with Crippen LogP contribution in [0.1, 0.15) is 41.6 Å². The van der Waals surface area contributed by atoms with Crippen LogP contribution in [0.5, 0.6) is 0 Å². The summed E-state index contributed by atoms with van der Waals surface area (Å²) in [6.07, 6.45) is 8.99. The Hall–Kier alpha value is -1.81. The van der Waals surface area contributed by atoms with Crippen molar-refractivity contribution in [3.05, 3.63) is 52.9 Å². The molecule has 3 heterocycles. The summed E-state index contributed by atoms with van der Waals surface area (Å²) in [5.41, 5.74) is 5.02. The van der Waals surface area contributed by atoms with E-state index in [1.165, 1.54) is 22.4 Å². The van der Waals surface area contributed by atoms with Crippen LogP contribution in [0.25, 0.3) is 0 Å². The highest BCUT2D eigenvalue weighted by Gasteiger charge is 2.18. The van der Waals surface area contributed by atoms with Gasteiger partial charge in [-0.1, -0.05) is 13.0 Å². The highest BCUT2D eigenvalue weighted by atomic mass is 15.1. The van der Waals surface area contributed by atoms with E-state index < -0.39 is 0 Å². The van der Waals surface area contributed by atoms with E-state index >= 15 is 0 Å². The molecule has 0 spiro atoms. The van der Waals surface area contributed by atoms with Gasteiger partial charge >= 0.3 is 0 Å². The molecule has 2 aromatic rings. The van der Waals surface area contributed by atoms with E-state index in [-0.39, 0.29) is 0 Å². The van der Waals surface area contributed by atoms with Crippen LogP contribution < -0.4 is 0 Å². The van der Waals surface area contributed by atoms with E-state index in [1.54, 1.807) is 0 Å². The summed E-state index contributed by atoms with van der Waals surface area (Å²) in [5.74, 6) is 0.993. The van der Waals surface area contributed by atoms with Crippen LogP contribution in [0, 0.1) is 6.92 Å². The molecule has 0 unspecified atom stereocenters. The first-order valence-electron chi connectivity index (χ1n) is 7.71. The van der Waals surface area contributed by atoms with Gasteiger partial charge in [-0.25, -0.2) is 9.97 Å². The minimum absolute atomic E-state index is 0.940. The van der Waals surface area contributed by atoms with Gasteiger partial charge in [0.15, 0.2) is 0 Å². The number of nitrogens with zero attached hydrogens (tertiary/aromatic N) is 4. The predicted molar refractivity (Wildman–Crippen MR) is 82.8 cm³/mol. The lowest BCUT2D eigenvalue weighted by atomic mass is 10.1. The van der Waals surface area contributed by atoms with Crippen LogP contribution >= 0.6 is 0 Å². The van der Waals surface area contributed by atoms with Gasteiger partial charge in [0.1, 0.15) is 5.82 Å². The molecule has 3 rings (SSSR count). The van der Waals surface area contributed by atoms with Crippen molar-refractivity contribution in [3.8, 4) is 0 Å². The molecule has 0 aliphatic carbocycles. The molecule has 4 heteroatoms. The van der Waals surface area contributed by atoms with Crippen molar-refractivity contribution in [2.45, 2.75) is 46.2 Å². The third kappa shape index (κ3) is 3.45. The van der Waals surface area contributed by atoms with Gasteiger partial charge in [-0.05, 0) is 24.5 Å². The number of hydrogen-bond acceptors (Lipinski definition) is 4. The van der Waals surface area contributed by atoms with Crippen LogP contribution in [0.2, 0.25) is 0 Å². The van der Waals surface area contributed by atoms with Crippen molar-refractivity contribution in [1.82, 2.24) is 19.9 Å². The summed E-state index contributed by atoms with van der Waals surface area (Å²) >= 11 is 0. The first-order chi connectivity index (χ1) is 10.2. The third-order valence-electron chi connectivity index (χ3n) is 3.87. The van der Waals surface area contributed by atoms with E-state index in [4.69, 9.17) is 4.98 Å². The first-order valence-corrected chi connectivity index (χ1v) is 7.71. The van der Waals surface area contributed by atoms with Gasteiger partial charge < -0.3 is 0 Å². The number of aryl methyl sites for hydroxylation is 2. The zero-order chi connectivity index (χ0) is 14.7. The molecular formula is C17H22N4. The average molecular weight is 282 g/mol. The summed E-state index contributed by atoms with van der Waals surface area (Å²) in [5, 5.41) is 0. The Morgan fingerprint density at radius 2 is 2.14 bits per heavy atom. The largest absolute Gasteiger partial charge is 0.294 e. The Morgan fingerprint density at radius 1 is 1.24 bits per heavy atom. The monoisotopic (exact) mass is 282 g/mol. The van der Waals surface area contributed by atoms with E-state index in [1.807, 2.05) is 18.6 Å². The fraction of sp³-hybridized carbons (Fsp3) is 0.471. The molecule has 1 aliphatic rings. The Bertz CT molecular complexity index is 624. The second kappa shape index (κ2) is 6.31. The smallest absolute Gasteiger partial charge is 0.128 e. The molecule has 0 radical (unpaired) electrons. The summed E-state index contributed by atoms with van der Waals surface area (Å²) < 4.78 is 0. The molecule has 110 valence electrons. The van der Waals surface area contributed by atoms with Crippen molar-refractivity contribution in [3.63, 3.8) is 0 Å². The van der Waals surface area contributed by atoms with Gasteiger partial charge in [-0.3, -0.25) is 9.88 Å². The Balaban J connectivity index is 1.70. The maximum Gasteiger partial charge on any atom is 0.128 e. The van der Waals surface area contributed by atoms with Gasteiger partial charge in [-0.2, -0.15) is 0 Å². The summed E-state index contributed by atoms with van der Waals surface area (Å²) in [7, 11) is 0. The van der Waals surface area contributed by atoms with Gasteiger partial charge in [0.25, 0.3) is 0 Å². The number of hydrogen-bond donors (Lipinski definition) is 0. The minimum atomic E-state index is 0.940. The van der Waals surface area contributed by atoms with Crippen LogP contribution in [-0.4, -0.2) is 26.4 Å². The lowest BCUT2D eigenvalue weighted by molar-refractivity contribution is 0.242.